The van der Waals surface area contributed by atoms with E-state index in [1.54, 1.807) is 24.3 Å². The van der Waals surface area contributed by atoms with Crippen molar-refractivity contribution in [2.24, 2.45) is 0 Å². The number of hydrogen-bond acceptors (Lipinski definition) is 5. The highest BCUT2D eigenvalue weighted by atomic mass is 16.5. The zero-order valence-corrected chi connectivity index (χ0v) is 12.8. The molecule has 0 saturated carbocycles. The van der Waals surface area contributed by atoms with Gasteiger partial charge in [0.2, 0.25) is 0 Å². The molecule has 0 unspecified atom stereocenters. The fourth-order valence-corrected chi connectivity index (χ4v) is 1.90. The number of benzene rings is 1. The summed E-state index contributed by atoms with van der Waals surface area (Å²) in [6.45, 7) is -0.0223. The van der Waals surface area contributed by atoms with Crippen molar-refractivity contribution in [3.63, 3.8) is 0 Å². The molecule has 0 saturated heterocycles. The molecule has 0 radical (unpaired) electrons. The first kappa shape index (κ1) is 16.8. The van der Waals surface area contributed by atoms with Crippen molar-refractivity contribution < 1.29 is 23.8 Å². The van der Waals surface area contributed by atoms with E-state index < -0.39 is 11.9 Å². The van der Waals surface area contributed by atoms with Gasteiger partial charge < -0.3 is 19.6 Å². The molecule has 0 aliphatic carbocycles. The molecule has 1 aromatic carbocycles. The number of rotatable bonds is 6. The van der Waals surface area contributed by atoms with E-state index in [-0.39, 0.29) is 23.5 Å². The standard InChI is InChI=1S/C17H14N2O5/c1-19-16(20)12(9-18)8-11-2-4-13(5-3-11)24-10-15-14(17(21)22)6-7-23-15/h2-8H,10H2,1H3,(H,19,20)(H,21,22)/b12-8+. The molecule has 0 aliphatic heterocycles. The molecule has 1 heterocycles. The summed E-state index contributed by atoms with van der Waals surface area (Å²) in [5.41, 5.74) is 0.707. The van der Waals surface area contributed by atoms with Crippen LogP contribution in [-0.4, -0.2) is 24.0 Å². The molecule has 0 spiro atoms. The monoisotopic (exact) mass is 326 g/mol. The van der Waals surface area contributed by atoms with Gasteiger partial charge in [-0.15, -0.1) is 0 Å². The number of hydrogen-bond donors (Lipinski definition) is 2. The van der Waals surface area contributed by atoms with Crippen LogP contribution in [0.25, 0.3) is 6.08 Å². The van der Waals surface area contributed by atoms with E-state index in [1.807, 2.05) is 6.07 Å². The highest BCUT2D eigenvalue weighted by molar-refractivity contribution is 6.01. The number of furan rings is 1. The Bertz CT molecular complexity index is 812. The summed E-state index contributed by atoms with van der Waals surface area (Å²) >= 11 is 0. The van der Waals surface area contributed by atoms with E-state index in [0.717, 1.165) is 0 Å². The van der Waals surface area contributed by atoms with Crippen LogP contribution in [0.2, 0.25) is 0 Å². The Hall–Kier alpha value is -3.53. The van der Waals surface area contributed by atoms with Gasteiger partial charge in [0, 0.05) is 7.05 Å². The lowest BCUT2D eigenvalue weighted by Gasteiger charge is -2.05. The van der Waals surface area contributed by atoms with Gasteiger partial charge in [-0.25, -0.2) is 4.79 Å². The van der Waals surface area contributed by atoms with Crippen molar-refractivity contribution in [1.82, 2.24) is 5.32 Å². The van der Waals surface area contributed by atoms with E-state index in [4.69, 9.17) is 19.5 Å². The van der Waals surface area contributed by atoms with E-state index in [1.165, 1.54) is 25.5 Å². The summed E-state index contributed by atoms with van der Waals surface area (Å²) in [6, 6.07) is 9.83. The predicted octanol–water partition coefficient (Wildman–Crippen LogP) is 2.21. The van der Waals surface area contributed by atoms with Crippen molar-refractivity contribution in [3.05, 3.63) is 59.1 Å². The van der Waals surface area contributed by atoms with E-state index >= 15 is 0 Å². The molecule has 2 rings (SSSR count). The van der Waals surface area contributed by atoms with Gasteiger partial charge in [-0.05, 0) is 29.8 Å². The van der Waals surface area contributed by atoms with Gasteiger partial charge >= 0.3 is 5.97 Å². The van der Waals surface area contributed by atoms with Crippen molar-refractivity contribution in [2.45, 2.75) is 6.61 Å². The summed E-state index contributed by atoms with van der Waals surface area (Å²) in [5.74, 6) is -0.825. The fourth-order valence-electron chi connectivity index (χ4n) is 1.90. The minimum absolute atomic E-state index is 0.00662. The predicted molar refractivity (Wildman–Crippen MR) is 84.1 cm³/mol. The van der Waals surface area contributed by atoms with Crippen LogP contribution in [0.1, 0.15) is 21.7 Å². The van der Waals surface area contributed by atoms with Crippen LogP contribution < -0.4 is 10.1 Å². The third-order valence-corrected chi connectivity index (χ3v) is 3.13. The zero-order chi connectivity index (χ0) is 17.5. The van der Waals surface area contributed by atoms with Crippen LogP contribution in [0, 0.1) is 11.3 Å². The van der Waals surface area contributed by atoms with Gasteiger partial charge in [-0.2, -0.15) is 5.26 Å². The van der Waals surface area contributed by atoms with Crippen molar-refractivity contribution >= 4 is 18.0 Å². The Labute approximate surface area is 137 Å². The van der Waals surface area contributed by atoms with Gasteiger partial charge in [-0.1, -0.05) is 12.1 Å². The SMILES string of the molecule is CNC(=O)/C(C#N)=C/c1ccc(OCc2occc2C(=O)O)cc1. The van der Waals surface area contributed by atoms with E-state index in [9.17, 15) is 9.59 Å². The Balaban J connectivity index is 2.06. The van der Waals surface area contributed by atoms with Crippen LogP contribution in [0.4, 0.5) is 0 Å². The number of carbonyl (C=O) groups is 2. The molecular weight excluding hydrogens is 312 g/mol. The Kier molecular flexibility index (Phi) is 5.36. The van der Waals surface area contributed by atoms with Crippen LogP contribution >= 0.6 is 0 Å². The summed E-state index contributed by atoms with van der Waals surface area (Å²) in [5, 5.41) is 20.3. The molecule has 1 aromatic heterocycles. The molecule has 0 bridgehead atoms. The molecule has 122 valence electrons. The van der Waals surface area contributed by atoms with Gasteiger partial charge in [0.05, 0.1) is 6.26 Å². The number of nitrogens with zero attached hydrogens (tertiary/aromatic N) is 1. The maximum Gasteiger partial charge on any atom is 0.339 e. The normalized spacial score (nSPS) is 10.8. The topological polar surface area (TPSA) is 113 Å². The molecular formula is C17H14N2O5. The molecule has 0 aliphatic rings. The van der Waals surface area contributed by atoms with Crippen molar-refractivity contribution in [3.8, 4) is 11.8 Å². The smallest absolute Gasteiger partial charge is 0.339 e. The minimum atomic E-state index is -1.08. The van der Waals surface area contributed by atoms with E-state index in [0.29, 0.717) is 11.3 Å². The Morgan fingerprint density at radius 1 is 1.33 bits per heavy atom. The number of ether oxygens (including phenoxy) is 1. The molecule has 1 amide bonds. The molecule has 0 atom stereocenters. The van der Waals surface area contributed by atoms with Gasteiger partial charge in [0.1, 0.15) is 29.6 Å². The quantitative estimate of drug-likeness (QED) is 0.621. The second-order valence-electron chi connectivity index (χ2n) is 4.67. The van der Waals surface area contributed by atoms with E-state index in [2.05, 4.69) is 5.32 Å². The first-order valence-corrected chi connectivity index (χ1v) is 6.91. The maximum absolute atomic E-state index is 11.5. The van der Waals surface area contributed by atoms with Gasteiger partial charge in [-0.3, -0.25) is 4.79 Å². The van der Waals surface area contributed by atoms with Crippen LogP contribution in [-0.2, 0) is 11.4 Å². The second-order valence-corrected chi connectivity index (χ2v) is 4.67. The fraction of sp³-hybridized carbons (Fsp3) is 0.118. The molecule has 0 fully saturated rings. The average Bonchev–Trinajstić information content (AvgIpc) is 3.07. The molecule has 7 heteroatoms. The third kappa shape index (κ3) is 4.01. The third-order valence-electron chi connectivity index (χ3n) is 3.13. The molecule has 2 aromatic rings. The Morgan fingerprint density at radius 2 is 2.04 bits per heavy atom. The van der Waals surface area contributed by atoms with Gasteiger partial charge in [0.15, 0.2) is 5.76 Å². The largest absolute Gasteiger partial charge is 0.486 e. The number of likely N-dealkylation sites (N-methyl/N-ethyl adjacent to an activating group) is 1. The lowest BCUT2D eigenvalue weighted by Crippen LogP contribution is -2.19. The number of nitrogens with one attached hydrogen (secondary N) is 1. The summed E-state index contributed by atoms with van der Waals surface area (Å²) in [7, 11) is 1.45. The van der Waals surface area contributed by atoms with Crippen LogP contribution in [0.3, 0.4) is 0 Å². The zero-order valence-electron chi connectivity index (χ0n) is 12.8. The van der Waals surface area contributed by atoms with Gasteiger partial charge in [0.25, 0.3) is 5.91 Å². The molecule has 2 N–H and O–H groups in total. The number of aromatic carboxylic acids is 1. The lowest BCUT2D eigenvalue weighted by atomic mass is 10.1. The highest BCUT2D eigenvalue weighted by Gasteiger charge is 2.13. The maximum atomic E-state index is 11.5. The number of carboxylic acids is 1. The number of carbonyl (C=O) groups excluding carboxylic acids is 1. The summed E-state index contributed by atoms with van der Waals surface area (Å²) in [6.07, 6.45) is 2.75. The lowest BCUT2D eigenvalue weighted by molar-refractivity contribution is -0.116. The summed E-state index contributed by atoms with van der Waals surface area (Å²) < 4.78 is 10.6. The summed E-state index contributed by atoms with van der Waals surface area (Å²) in [4.78, 5) is 22.4. The van der Waals surface area contributed by atoms with Crippen molar-refractivity contribution in [1.29, 1.82) is 5.26 Å². The number of amides is 1. The number of nitriles is 1. The van der Waals surface area contributed by atoms with Crippen LogP contribution in [0.15, 0.2) is 46.6 Å². The first-order valence-electron chi connectivity index (χ1n) is 6.91. The highest BCUT2D eigenvalue weighted by Crippen LogP contribution is 2.18. The first-order chi connectivity index (χ1) is 11.5. The second kappa shape index (κ2) is 7.65. The van der Waals surface area contributed by atoms with Crippen LogP contribution in [0.5, 0.6) is 5.75 Å². The average molecular weight is 326 g/mol. The molecule has 24 heavy (non-hydrogen) atoms. The minimum Gasteiger partial charge on any atom is -0.486 e. The number of carboxylic acid groups (broad SMARTS) is 1. The molecule has 7 nitrogen and oxygen atoms in total. The Morgan fingerprint density at radius 3 is 2.62 bits per heavy atom. The van der Waals surface area contributed by atoms with Crippen molar-refractivity contribution in [2.75, 3.05) is 7.05 Å².